The Kier molecular flexibility index (Phi) is 11.3. The van der Waals surface area contributed by atoms with Gasteiger partial charge in [-0.2, -0.15) is 4.31 Å². The van der Waals surface area contributed by atoms with Crippen molar-refractivity contribution >= 4 is 55.0 Å². The molecular formula is C26H33ClN4O5S2. The Hall–Kier alpha value is -2.96. The number of halogens is 1. The number of ether oxygens (including phenoxy) is 2. The second-order valence-electron chi connectivity index (χ2n) is 8.33. The summed E-state index contributed by atoms with van der Waals surface area (Å²) in [5.74, 6) is 0.922. The number of carbonyl (C=O) groups excluding carboxylic acids is 1. The standard InChI is InChI=1S/C26H32N4O5S2.ClH/c1-7-15-29(16-8-2)37(32,33)20-11-9-19(10-12-20)25(31)30(18-17-28(3)4)26-27-23-21(34-5)13-14-22(35-6)24(23)36-26;/h7-14H,1-2,15-18H2,3-6H3;1H. The van der Waals surface area contributed by atoms with E-state index in [0.717, 1.165) is 4.70 Å². The fourth-order valence-corrected chi connectivity index (χ4v) is 6.09. The van der Waals surface area contributed by atoms with Crippen LogP contribution < -0.4 is 14.4 Å². The number of hydrogen-bond donors (Lipinski definition) is 0. The van der Waals surface area contributed by atoms with E-state index in [9.17, 15) is 13.2 Å². The molecule has 0 atom stereocenters. The Balaban J connectivity index is 0.00000507. The van der Waals surface area contributed by atoms with Crippen LogP contribution in [0.15, 0.2) is 66.6 Å². The number of sulfonamides is 1. The minimum Gasteiger partial charge on any atom is -0.495 e. The van der Waals surface area contributed by atoms with Crippen molar-refractivity contribution in [2.45, 2.75) is 4.90 Å². The number of anilines is 1. The van der Waals surface area contributed by atoms with E-state index in [2.05, 4.69) is 13.2 Å². The summed E-state index contributed by atoms with van der Waals surface area (Å²) in [6.07, 6.45) is 3.03. The Labute approximate surface area is 234 Å². The van der Waals surface area contributed by atoms with Crippen molar-refractivity contribution in [2.75, 3.05) is 59.4 Å². The number of amides is 1. The lowest BCUT2D eigenvalue weighted by Crippen LogP contribution is -2.36. The molecule has 1 heterocycles. The van der Waals surface area contributed by atoms with Crippen LogP contribution in [0.4, 0.5) is 5.13 Å². The number of thiazole rings is 1. The first-order valence-electron chi connectivity index (χ1n) is 11.5. The van der Waals surface area contributed by atoms with Crippen LogP contribution in [0.1, 0.15) is 10.4 Å². The number of likely N-dealkylation sites (N-methyl/N-ethyl adjacent to an activating group) is 1. The van der Waals surface area contributed by atoms with Crippen LogP contribution in [-0.4, -0.2) is 83.0 Å². The van der Waals surface area contributed by atoms with Gasteiger partial charge in [-0.25, -0.2) is 13.4 Å². The highest BCUT2D eigenvalue weighted by Gasteiger charge is 2.26. The monoisotopic (exact) mass is 580 g/mol. The van der Waals surface area contributed by atoms with Crippen LogP contribution in [0.2, 0.25) is 0 Å². The molecule has 0 spiro atoms. The van der Waals surface area contributed by atoms with Gasteiger partial charge in [-0.05, 0) is 50.5 Å². The van der Waals surface area contributed by atoms with E-state index in [1.807, 2.05) is 19.0 Å². The topological polar surface area (TPSA) is 92.3 Å². The number of methoxy groups -OCH3 is 2. The quantitative estimate of drug-likeness (QED) is 0.278. The molecule has 0 saturated heterocycles. The summed E-state index contributed by atoms with van der Waals surface area (Å²) < 4.78 is 39.1. The zero-order chi connectivity index (χ0) is 27.2. The van der Waals surface area contributed by atoms with Gasteiger partial charge in [-0.3, -0.25) is 9.69 Å². The minimum absolute atomic E-state index is 0. The van der Waals surface area contributed by atoms with E-state index in [1.54, 1.807) is 31.3 Å². The molecule has 3 aromatic rings. The van der Waals surface area contributed by atoms with Crippen LogP contribution in [-0.2, 0) is 10.0 Å². The van der Waals surface area contributed by atoms with E-state index >= 15 is 0 Å². The SMILES string of the molecule is C=CCN(CC=C)S(=O)(=O)c1ccc(C(=O)N(CCN(C)C)c2nc3c(OC)ccc(OC)c3s2)cc1.Cl. The molecule has 0 bridgehead atoms. The lowest BCUT2D eigenvalue weighted by atomic mass is 10.2. The minimum atomic E-state index is -3.77. The van der Waals surface area contributed by atoms with Gasteiger partial charge in [0, 0.05) is 31.7 Å². The highest BCUT2D eigenvalue weighted by Crippen LogP contribution is 2.40. The molecule has 0 aliphatic heterocycles. The summed E-state index contributed by atoms with van der Waals surface area (Å²) in [5.41, 5.74) is 0.949. The van der Waals surface area contributed by atoms with Crippen LogP contribution >= 0.6 is 23.7 Å². The van der Waals surface area contributed by atoms with Crippen molar-refractivity contribution in [3.8, 4) is 11.5 Å². The smallest absolute Gasteiger partial charge is 0.260 e. The average molecular weight is 581 g/mol. The van der Waals surface area contributed by atoms with Crippen molar-refractivity contribution in [1.82, 2.24) is 14.2 Å². The zero-order valence-corrected chi connectivity index (χ0v) is 24.4. The summed E-state index contributed by atoms with van der Waals surface area (Å²) in [4.78, 5) is 22.0. The fourth-order valence-electron chi connectivity index (χ4n) is 3.61. The molecule has 9 nitrogen and oxygen atoms in total. The summed E-state index contributed by atoms with van der Waals surface area (Å²) in [6, 6.07) is 9.50. The number of fused-ring (bicyclic) bond motifs is 1. The predicted octanol–water partition coefficient (Wildman–Crippen LogP) is 4.31. The van der Waals surface area contributed by atoms with Crippen molar-refractivity contribution in [2.24, 2.45) is 0 Å². The van der Waals surface area contributed by atoms with Gasteiger partial charge in [-0.15, -0.1) is 25.6 Å². The van der Waals surface area contributed by atoms with Crippen molar-refractivity contribution in [3.63, 3.8) is 0 Å². The Morgan fingerprint density at radius 1 is 0.974 bits per heavy atom. The van der Waals surface area contributed by atoms with Crippen LogP contribution in [0, 0.1) is 0 Å². The molecule has 38 heavy (non-hydrogen) atoms. The number of carbonyl (C=O) groups is 1. The largest absolute Gasteiger partial charge is 0.495 e. The maximum atomic E-state index is 13.7. The molecular weight excluding hydrogens is 548 g/mol. The maximum Gasteiger partial charge on any atom is 0.260 e. The molecule has 0 fully saturated rings. The molecule has 3 rings (SSSR count). The first-order chi connectivity index (χ1) is 17.7. The highest BCUT2D eigenvalue weighted by atomic mass is 35.5. The number of rotatable bonds is 13. The Bertz CT molecular complexity index is 1320. The van der Waals surface area contributed by atoms with E-state index < -0.39 is 10.0 Å². The predicted molar refractivity (Wildman–Crippen MR) is 156 cm³/mol. The third kappa shape index (κ3) is 6.72. The van der Waals surface area contributed by atoms with Gasteiger partial charge < -0.3 is 14.4 Å². The third-order valence-electron chi connectivity index (χ3n) is 5.55. The molecule has 2 aromatic carbocycles. The van der Waals surface area contributed by atoms with Gasteiger partial charge in [0.2, 0.25) is 10.0 Å². The van der Waals surface area contributed by atoms with Gasteiger partial charge in [-0.1, -0.05) is 23.5 Å². The average Bonchev–Trinajstić information content (AvgIpc) is 3.33. The summed E-state index contributed by atoms with van der Waals surface area (Å²) in [5, 5.41) is 0.490. The molecule has 0 radical (unpaired) electrons. The summed E-state index contributed by atoms with van der Waals surface area (Å²) in [6.45, 7) is 8.53. The van der Waals surface area contributed by atoms with Crippen LogP contribution in [0.5, 0.6) is 11.5 Å². The molecule has 206 valence electrons. The van der Waals surface area contributed by atoms with Crippen LogP contribution in [0.25, 0.3) is 10.2 Å². The molecule has 0 aliphatic carbocycles. The zero-order valence-electron chi connectivity index (χ0n) is 21.9. The molecule has 1 aromatic heterocycles. The Morgan fingerprint density at radius 2 is 1.55 bits per heavy atom. The fraction of sp³-hybridized carbons (Fsp3) is 0.308. The highest BCUT2D eigenvalue weighted by molar-refractivity contribution is 7.89. The van der Waals surface area contributed by atoms with E-state index in [4.69, 9.17) is 14.5 Å². The number of aromatic nitrogens is 1. The van der Waals surface area contributed by atoms with Gasteiger partial charge in [0.25, 0.3) is 5.91 Å². The second kappa shape index (κ2) is 13.7. The van der Waals surface area contributed by atoms with E-state index in [-0.39, 0.29) is 36.3 Å². The first kappa shape index (κ1) is 31.3. The lowest BCUT2D eigenvalue weighted by molar-refractivity contribution is 0.0985. The van der Waals surface area contributed by atoms with Gasteiger partial charge >= 0.3 is 0 Å². The molecule has 0 aliphatic rings. The van der Waals surface area contributed by atoms with Crippen molar-refractivity contribution in [1.29, 1.82) is 0 Å². The molecule has 0 unspecified atom stereocenters. The van der Waals surface area contributed by atoms with E-state index in [1.165, 1.54) is 52.1 Å². The molecule has 0 saturated carbocycles. The summed E-state index contributed by atoms with van der Waals surface area (Å²) in [7, 11) is 3.22. The molecule has 1 amide bonds. The number of benzene rings is 2. The van der Waals surface area contributed by atoms with E-state index in [0.29, 0.717) is 40.8 Å². The maximum absolute atomic E-state index is 13.7. The third-order valence-corrected chi connectivity index (χ3v) is 8.49. The van der Waals surface area contributed by atoms with Crippen LogP contribution in [0.3, 0.4) is 0 Å². The molecule has 12 heteroatoms. The Morgan fingerprint density at radius 3 is 2.08 bits per heavy atom. The first-order valence-corrected chi connectivity index (χ1v) is 13.7. The second-order valence-corrected chi connectivity index (χ2v) is 11.2. The van der Waals surface area contributed by atoms with Gasteiger partial charge in [0.05, 0.1) is 19.1 Å². The van der Waals surface area contributed by atoms with Crippen molar-refractivity contribution < 1.29 is 22.7 Å². The van der Waals surface area contributed by atoms with Gasteiger partial charge in [0.1, 0.15) is 21.7 Å². The summed E-state index contributed by atoms with van der Waals surface area (Å²) >= 11 is 1.33. The number of nitrogens with zero attached hydrogens (tertiary/aromatic N) is 4. The molecule has 0 N–H and O–H groups in total. The normalized spacial score (nSPS) is 11.3. The lowest BCUT2D eigenvalue weighted by Gasteiger charge is -2.22. The van der Waals surface area contributed by atoms with Crippen molar-refractivity contribution in [3.05, 3.63) is 67.3 Å². The number of hydrogen-bond acceptors (Lipinski definition) is 8. The van der Waals surface area contributed by atoms with Gasteiger partial charge in [0.15, 0.2) is 5.13 Å².